The molecule has 0 aromatic heterocycles. The van der Waals surface area contributed by atoms with E-state index in [0.717, 1.165) is 13.0 Å². The molecule has 0 aromatic rings. The van der Waals surface area contributed by atoms with E-state index in [2.05, 4.69) is 19.7 Å². The van der Waals surface area contributed by atoms with Crippen molar-refractivity contribution in [3.8, 4) is 0 Å². The Morgan fingerprint density at radius 3 is 2.69 bits per heavy atom. The summed E-state index contributed by atoms with van der Waals surface area (Å²) in [5.74, 6) is 0. The van der Waals surface area contributed by atoms with Gasteiger partial charge in [-0.3, -0.25) is 0 Å². The first-order valence-corrected chi connectivity index (χ1v) is 8.35. The van der Waals surface area contributed by atoms with Gasteiger partial charge in [-0.15, -0.1) is 6.58 Å². The number of hydrogen-bond donors (Lipinski definition) is 0. The summed E-state index contributed by atoms with van der Waals surface area (Å²) in [5, 5.41) is 0.298. The smallest absolute Gasteiger partial charge is 0.0695 e. The second-order valence-electron chi connectivity index (χ2n) is 4.35. The van der Waals surface area contributed by atoms with Crippen LogP contribution in [-0.4, -0.2) is 20.6 Å². The minimum atomic E-state index is -0.689. The Morgan fingerprint density at radius 1 is 1.46 bits per heavy atom. The summed E-state index contributed by atoms with van der Waals surface area (Å²) in [6.07, 6.45) is 8.27. The van der Waals surface area contributed by atoms with Crippen molar-refractivity contribution in [3.63, 3.8) is 0 Å². The van der Waals surface area contributed by atoms with Crippen molar-refractivity contribution in [1.29, 1.82) is 0 Å². The molecule has 0 bridgehead atoms. The van der Waals surface area contributed by atoms with Gasteiger partial charge in [0, 0.05) is 6.61 Å². The van der Waals surface area contributed by atoms with E-state index in [9.17, 15) is 0 Å². The highest BCUT2D eigenvalue weighted by molar-refractivity contribution is 6.59. The van der Waals surface area contributed by atoms with Gasteiger partial charge in [0.25, 0.3) is 0 Å². The van der Waals surface area contributed by atoms with Crippen molar-refractivity contribution in [2.45, 2.75) is 50.4 Å². The van der Waals surface area contributed by atoms with Crippen LogP contribution in [-0.2, 0) is 4.74 Å². The average Bonchev–Trinajstić information content (AvgIpc) is 2.16. The first-order valence-electron chi connectivity index (χ1n) is 5.46. The van der Waals surface area contributed by atoms with Crippen LogP contribution in [0.5, 0.6) is 0 Å². The lowest BCUT2D eigenvalue weighted by molar-refractivity contribution is -0.0271. The lowest BCUT2D eigenvalue weighted by atomic mass is 10.0. The second-order valence-corrected chi connectivity index (χ2v) is 7.71. The van der Waals surface area contributed by atoms with Gasteiger partial charge >= 0.3 is 0 Å². The highest BCUT2D eigenvalue weighted by Gasteiger charge is 2.36. The van der Waals surface area contributed by atoms with Crippen LogP contribution < -0.4 is 0 Å². The molecule has 1 atom stereocenters. The Hall–Kier alpha value is -0.0831. The fourth-order valence-corrected chi connectivity index (χ4v) is 4.14. The number of rotatable bonds is 4. The first kappa shape index (κ1) is 11.0. The Labute approximate surface area is 83.8 Å². The minimum absolute atomic E-state index is 0.298. The summed E-state index contributed by atoms with van der Waals surface area (Å²) in [5.41, 5.74) is 0. The summed E-state index contributed by atoms with van der Waals surface area (Å²) in [4.78, 5) is 0. The molecule has 2 heteroatoms. The summed E-state index contributed by atoms with van der Waals surface area (Å²) < 4.78 is 6.04. The molecule has 1 aliphatic rings. The van der Waals surface area contributed by atoms with Crippen molar-refractivity contribution in [1.82, 2.24) is 0 Å². The van der Waals surface area contributed by atoms with Gasteiger partial charge in [0.15, 0.2) is 0 Å². The van der Waals surface area contributed by atoms with Gasteiger partial charge < -0.3 is 4.74 Å². The molecule has 0 aliphatic carbocycles. The molecule has 0 N–H and O–H groups in total. The van der Waals surface area contributed by atoms with Crippen LogP contribution in [0.4, 0.5) is 0 Å². The SMILES string of the molecule is C=CCCC1([SiH](C)C)CCCCO1. The van der Waals surface area contributed by atoms with Gasteiger partial charge in [-0.2, -0.15) is 0 Å². The Bertz CT molecular complexity index is 159. The largest absolute Gasteiger partial charge is 0.379 e. The third kappa shape index (κ3) is 2.68. The quantitative estimate of drug-likeness (QED) is 0.498. The zero-order valence-corrected chi connectivity index (χ0v) is 10.2. The zero-order chi connectivity index (χ0) is 9.73. The maximum Gasteiger partial charge on any atom is 0.0695 e. The van der Waals surface area contributed by atoms with Gasteiger partial charge in [-0.25, -0.2) is 0 Å². The molecule has 0 spiro atoms. The molecule has 1 nitrogen and oxygen atoms in total. The molecule has 1 unspecified atom stereocenters. The molecule has 0 saturated carbocycles. The fraction of sp³-hybridized carbons (Fsp3) is 0.818. The highest BCUT2D eigenvalue weighted by atomic mass is 28.3. The summed E-state index contributed by atoms with van der Waals surface area (Å²) >= 11 is 0. The number of allylic oxidation sites excluding steroid dienone is 1. The molecule has 13 heavy (non-hydrogen) atoms. The Balaban J connectivity index is 2.55. The minimum Gasteiger partial charge on any atom is -0.379 e. The molecule has 1 saturated heterocycles. The van der Waals surface area contributed by atoms with Crippen molar-refractivity contribution < 1.29 is 4.74 Å². The monoisotopic (exact) mass is 198 g/mol. The lowest BCUT2D eigenvalue weighted by Gasteiger charge is -2.40. The van der Waals surface area contributed by atoms with Crippen LogP contribution in [0, 0.1) is 0 Å². The van der Waals surface area contributed by atoms with E-state index in [1.54, 1.807) is 0 Å². The van der Waals surface area contributed by atoms with E-state index in [-0.39, 0.29) is 0 Å². The molecule has 1 fully saturated rings. The van der Waals surface area contributed by atoms with Gasteiger partial charge in [0.05, 0.1) is 14.0 Å². The van der Waals surface area contributed by atoms with Crippen LogP contribution in [0.2, 0.25) is 13.1 Å². The van der Waals surface area contributed by atoms with Crippen LogP contribution in [0.15, 0.2) is 12.7 Å². The van der Waals surface area contributed by atoms with E-state index in [1.807, 2.05) is 6.08 Å². The second kappa shape index (κ2) is 4.96. The van der Waals surface area contributed by atoms with E-state index < -0.39 is 8.80 Å². The van der Waals surface area contributed by atoms with E-state index in [1.165, 1.54) is 25.7 Å². The molecule has 1 heterocycles. The summed E-state index contributed by atoms with van der Waals surface area (Å²) in [6.45, 7) is 9.61. The molecule has 76 valence electrons. The van der Waals surface area contributed by atoms with Crippen LogP contribution in [0.1, 0.15) is 32.1 Å². The van der Waals surface area contributed by atoms with E-state index in [4.69, 9.17) is 4.74 Å². The van der Waals surface area contributed by atoms with Gasteiger partial charge in [-0.05, 0) is 32.1 Å². The van der Waals surface area contributed by atoms with E-state index >= 15 is 0 Å². The van der Waals surface area contributed by atoms with Crippen molar-refractivity contribution in [3.05, 3.63) is 12.7 Å². The van der Waals surface area contributed by atoms with Gasteiger partial charge in [0.2, 0.25) is 0 Å². The molecular weight excluding hydrogens is 176 g/mol. The third-order valence-corrected chi connectivity index (χ3v) is 6.06. The van der Waals surface area contributed by atoms with E-state index in [0.29, 0.717) is 5.22 Å². The predicted molar refractivity (Wildman–Crippen MR) is 60.8 cm³/mol. The molecule has 1 rings (SSSR count). The standard InChI is InChI=1S/C11H22OSi/c1-4-5-8-11(13(2)3)9-6-7-10-12-11/h4,13H,1,5-10H2,2-3H3. The Morgan fingerprint density at radius 2 is 2.23 bits per heavy atom. The number of ether oxygens (including phenoxy) is 1. The molecule has 0 radical (unpaired) electrons. The zero-order valence-electron chi connectivity index (χ0n) is 9.01. The summed E-state index contributed by atoms with van der Waals surface area (Å²) in [6, 6.07) is 0. The molecule has 1 aliphatic heterocycles. The molecular formula is C11H22OSi. The highest BCUT2D eigenvalue weighted by Crippen LogP contribution is 2.32. The van der Waals surface area contributed by atoms with Gasteiger partial charge in [-0.1, -0.05) is 19.2 Å². The normalized spacial score (nSPS) is 29.2. The van der Waals surface area contributed by atoms with Crippen LogP contribution in [0.3, 0.4) is 0 Å². The Kier molecular flexibility index (Phi) is 4.20. The average molecular weight is 198 g/mol. The topological polar surface area (TPSA) is 9.23 Å². The fourth-order valence-electron chi connectivity index (χ4n) is 2.16. The lowest BCUT2D eigenvalue weighted by Crippen LogP contribution is -2.47. The predicted octanol–water partition coefficient (Wildman–Crippen LogP) is 2.92. The third-order valence-electron chi connectivity index (χ3n) is 3.21. The van der Waals surface area contributed by atoms with Crippen molar-refractivity contribution >= 4 is 8.80 Å². The maximum absolute atomic E-state index is 6.04. The van der Waals surface area contributed by atoms with Crippen LogP contribution >= 0.6 is 0 Å². The van der Waals surface area contributed by atoms with Gasteiger partial charge in [0.1, 0.15) is 0 Å². The van der Waals surface area contributed by atoms with Crippen molar-refractivity contribution in [2.75, 3.05) is 6.61 Å². The first-order chi connectivity index (χ1) is 6.21. The summed E-state index contributed by atoms with van der Waals surface area (Å²) in [7, 11) is -0.689. The molecule has 0 aromatic carbocycles. The van der Waals surface area contributed by atoms with Crippen LogP contribution in [0.25, 0.3) is 0 Å². The molecule has 0 amide bonds. The number of hydrogen-bond acceptors (Lipinski definition) is 1. The van der Waals surface area contributed by atoms with Crippen molar-refractivity contribution in [2.24, 2.45) is 0 Å². The maximum atomic E-state index is 6.04.